The zero-order valence-electron chi connectivity index (χ0n) is 8.93. The molecule has 0 aliphatic rings. The number of hydrogen-bond acceptors (Lipinski definition) is 2. The molecule has 0 spiro atoms. The Morgan fingerprint density at radius 1 is 1.25 bits per heavy atom. The Morgan fingerprint density at radius 2 is 2.06 bits per heavy atom. The van der Waals surface area contributed by atoms with Crippen molar-refractivity contribution in [2.24, 2.45) is 0 Å². The third-order valence-electron chi connectivity index (χ3n) is 2.32. The number of imidazole rings is 1. The van der Waals surface area contributed by atoms with Crippen molar-refractivity contribution in [1.82, 2.24) is 9.97 Å². The van der Waals surface area contributed by atoms with Gasteiger partial charge < -0.3 is 10.1 Å². The minimum absolute atomic E-state index is 0.0775. The zero-order valence-corrected chi connectivity index (χ0v) is 8.93. The number of aromatic amines is 1. The molecule has 0 amide bonds. The molecule has 0 radical (unpaired) electrons. The van der Waals surface area contributed by atoms with Crippen LogP contribution in [0.3, 0.4) is 0 Å². The van der Waals surface area contributed by atoms with E-state index in [1.807, 2.05) is 24.4 Å². The molecule has 2 aromatic rings. The molecule has 2 rings (SSSR count). The molecule has 82 valence electrons. The molecule has 0 aliphatic heterocycles. The highest BCUT2D eigenvalue weighted by atomic mass is 16.2. The van der Waals surface area contributed by atoms with Gasteiger partial charge in [-0.25, -0.2) is 4.98 Å². The van der Waals surface area contributed by atoms with Crippen LogP contribution in [0.2, 0.25) is 0 Å². The summed E-state index contributed by atoms with van der Waals surface area (Å²) in [5.41, 5.74) is 2.31. The molecule has 1 aromatic carbocycles. The van der Waals surface area contributed by atoms with Gasteiger partial charge in [0.2, 0.25) is 0 Å². The summed E-state index contributed by atoms with van der Waals surface area (Å²) >= 11 is 0. The van der Waals surface area contributed by atoms with E-state index >= 15 is 0 Å². The van der Waals surface area contributed by atoms with Crippen LogP contribution in [0.15, 0.2) is 42.7 Å². The first-order valence-electron chi connectivity index (χ1n) is 5.23. The van der Waals surface area contributed by atoms with Crippen LogP contribution in [0.4, 0.5) is 0 Å². The van der Waals surface area contributed by atoms with E-state index < -0.39 is 0 Å². The lowest BCUT2D eigenvalue weighted by Crippen LogP contribution is -1.90. The fraction of sp³-hybridized carbons (Fsp3) is 0.154. The topological polar surface area (TPSA) is 48.9 Å². The summed E-state index contributed by atoms with van der Waals surface area (Å²) in [5, 5.41) is 8.65. The molecule has 16 heavy (non-hydrogen) atoms. The molecule has 0 saturated heterocycles. The smallest absolute Gasteiger partial charge is 0.110 e. The molecule has 3 heteroatoms. The Hall–Kier alpha value is -1.87. The van der Waals surface area contributed by atoms with E-state index in [0.717, 1.165) is 17.8 Å². The monoisotopic (exact) mass is 214 g/mol. The van der Waals surface area contributed by atoms with Gasteiger partial charge in [0.15, 0.2) is 0 Å². The molecule has 0 saturated carbocycles. The fourth-order valence-corrected chi connectivity index (χ4v) is 1.52. The SMILES string of the molecule is OC/C=C\c1ccc(Cc2ncc[nH]2)cc1. The maximum atomic E-state index is 8.65. The average Bonchev–Trinajstić information content (AvgIpc) is 2.81. The van der Waals surface area contributed by atoms with Gasteiger partial charge in [0.25, 0.3) is 0 Å². The summed E-state index contributed by atoms with van der Waals surface area (Å²) in [6.07, 6.45) is 8.02. The number of nitrogens with zero attached hydrogens (tertiary/aromatic N) is 1. The van der Waals surface area contributed by atoms with Crippen LogP contribution in [0.5, 0.6) is 0 Å². The number of H-pyrrole nitrogens is 1. The maximum Gasteiger partial charge on any atom is 0.110 e. The zero-order chi connectivity index (χ0) is 11.2. The molecule has 0 aliphatic carbocycles. The van der Waals surface area contributed by atoms with Gasteiger partial charge in [-0.3, -0.25) is 0 Å². The Balaban J connectivity index is 2.05. The molecular formula is C13H14N2O. The molecule has 1 heterocycles. The van der Waals surface area contributed by atoms with Gasteiger partial charge in [0.1, 0.15) is 5.82 Å². The minimum Gasteiger partial charge on any atom is -0.392 e. The Bertz CT molecular complexity index is 443. The van der Waals surface area contributed by atoms with Crippen LogP contribution < -0.4 is 0 Å². The van der Waals surface area contributed by atoms with Crippen LogP contribution >= 0.6 is 0 Å². The van der Waals surface area contributed by atoms with Crippen molar-refractivity contribution in [3.63, 3.8) is 0 Å². The molecule has 0 unspecified atom stereocenters. The Labute approximate surface area is 94.5 Å². The first kappa shape index (κ1) is 10.6. The highest BCUT2D eigenvalue weighted by Crippen LogP contribution is 2.09. The highest BCUT2D eigenvalue weighted by Gasteiger charge is 1.97. The summed E-state index contributed by atoms with van der Waals surface area (Å²) < 4.78 is 0. The van der Waals surface area contributed by atoms with Gasteiger partial charge in [-0.05, 0) is 11.1 Å². The normalized spacial score (nSPS) is 11.1. The summed E-state index contributed by atoms with van der Waals surface area (Å²) in [4.78, 5) is 7.26. The third-order valence-corrected chi connectivity index (χ3v) is 2.32. The second-order valence-electron chi connectivity index (χ2n) is 3.54. The molecule has 0 bridgehead atoms. The number of aliphatic hydroxyl groups is 1. The number of aromatic nitrogens is 2. The lowest BCUT2D eigenvalue weighted by atomic mass is 10.1. The summed E-state index contributed by atoms with van der Waals surface area (Å²) in [7, 11) is 0. The first-order chi connectivity index (χ1) is 7.88. The molecule has 3 nitrogen and oxygen atoms in total. The Kier molecular flexibility index (Phi) is 3.51. The van der Waals surface area contributed by atoms with Crippen molar-refractivity contribution in [2.45, 2.75) is 6.42 Å². The summed E-state index contributed by atoms with van der Waals surface area (Å²) in [6, 6.07) is 8.20. The first-order valence-corrected chi connectivity index (χ1v) is 5.23. The van der Waals surface area contributed by atoms with Gasteiger partial charge in [-0.1, -0.05) is 36.4 Å². The van der Waals surface area contributed by atoms with Gasteiger partial charge in [0, 0.05) is 18.8 Å². The number of aliphatic hydroxyl groups excluding tert-OH is 1. The molecule has 1 aromatic heterocycles. The van der Waals surface area contributed by atoms with E-state index in [0.29, 0.717) is 0 Å². The third kappa shape index (κ3) is 2.81. The predicted molar refractivity (Wildman–Crippen MR) is 64.0 cm³/mol. The largest absolute Gasteiger partial charge is 0.392 e. The van der Waals surface area contributed by atoms with Crippen LogP contribution in [-0.4, -0.2) is 21.7 Å². The molecule has 0 atom stereocenters. The van der Waals surface area contributed by atoms with E-state index in [2.05, 4.69) is 22.1 Å². The van der Waals surface area contributed by atoms with Crippen molar-refractivity contribution in [3.8, 4) is 0 Å². The van der Waals surface area contributed by atoms with Crippen LogP contribution in [0.25, 0.3) is 6.08 Å². The number of benzene rings is 1. The maximum absolute atomic E-state index is 8.65. The van der Waals surface area contributed by atoms with Crippen LogP contribution in [0, 0.1) is 0 Å². The predicted octanol–water partition coefficient (Wildman–Crippen LogP) is 2.01. The van der Waals surface area contributed by atoms with Crippen molar-refractivity contribution in [1.29, 1.82) is 0 Å². The number of nitrogens with one attached hydrogen (secondary N) is 1. The standard InChI is InChI=1S/C13H14N2O/c16-9-1-2-11-3-5-12(6-4-11)10-13-14-7-8-15-13/h1-8,16H,9-10H2,(H,14,15)/b2-1-. The van der Waals surface area contributed by atoms with Gasteiger partial charge >= 0.3 is 0 Å². The van der Waals surface area contributed by atoms with Crippen LogP contribution in [-0.2, 0) is 6.42 Å². The van der Waals surface area contributed by atoms with Crippen molar-refractivity contribution >= 4 is 6.08 Å². The van der Waals surface area contributed by atoms with E-state index in [1.54, 1.807) is 12.3 Å². The molecule has 2 N–H and O–H groups in total. The summed E-state index contributed by atoms with van der Waals surface area (Å²) in [6.45, 7) is 0.0775. The van der Waals surface area contributed by atoms with Crippen molar-refractivity contribution in [2.75, 3.05) is 6.61 Å². The average molecular weight is 214 g/mol. The quantitative estimate of drug-likeness (QED) is 0.817. The Morgan fingerprint density at radius 3 is 2.69 bits per heavy atom. The second kappa shape index (κ2) is 5.28. The lowest BCUT2D eigenvalue weighted by molar-refractivity contribution is 0.343. The molecular weight excluding hydrogens is 200 g/mol. The summed E-state index contributed by atoms with van der Waals surface area (Å²) in [5.74, 6) is 0.971. The fourth-order valence-electron chi connectivity index (χ4n) is 1.52. The van der Waals surface area contributed by atoms with E-state index in [1.165, 1.54) is 5.56 Å². The lowest BCUT2D eigenvalue weighted by Gasteiger charge is -1.99. The van der Waals surface area contributed by atoms with Crippen molar-refractivity contribution in [3.05, 3.63) is 59.7 Å². The van der Waals surface area contributed by atoms with Crippen molar-refractivity contribution < 1.29 is 5.11 Å². The van der Waals surface area contributed by atoms with Gasteiger partial charge in [-0.2, -0.15) is 0 Å². The van der Waals surface area contributed by atoms with Crippen LogP contribution in [0.1, 0.15) is 17.0 Å². The second-order valence-corrected chi connectivity index (χ2v) is 3.54. The van der Waals surface area contributed by atoms with E-state index in [9.17, 15) is 0 Å². The van der Waals surface area contributed by atoms with Gasteiger partial charge in [-0.15, -0.1) is 0 Å². The van der Waals surface area contributed by atoms with E-state index in [-0.39, 0.29) is 6.61 Å². The highest BCUT2D eigenvalue weighted by molar-refractivity contribution is 5.49. The van der Waals surface area contributed by atoms with Gasteiger partial charge in [0.05, 0.1) is 6.61 Å². The van der Waals surface area contributed by atoms with E-state index in [4.69, 9.17) is 5.11 Å². The number of hydrogen-bond donors (Lipinski definition) is 2. The number of rotatable bonds is 4. The minimum atomic E-state index is 0.0775. The molecule has 0 fully saturated rings.